The summed E-state index contributed by atoms with van der Waals surface area (Å²) in [4.78, 5) is 10.0. The number of ether oxygens (including phenoxy) is 2. The van der Waals surface area contributed by atoms with Gasteiger partial charge in [0.15, 0.2) is 0 Å². The van der Waals surface area contributed by atoms with E-state index in [4.69, 9.17) is 29.5 Å². The molecule has 0 fully saturated rings. The summed E-state index contributed by atoms with van der Waals surface area (Å²) in [5, 5.41) is 18.1. The highest BCUT2D eigenvalue weighted by Gasteiger charge is 2.16. The van der Waals surface area contributed by atoms with Crippen LogP contribution < -0.4 is 0 Å². The van der Waals surface area contributed by atoms with Crippen molar-refractivity contribution in [1.29, 1.82) is 0 Å². The molecule has 0 aromatic heterocycles. The van der Waals surface area contributed by atoms with Crippen molar-refractivity contribution < 1.29 is 29.5 Å². The van der Waals surface area contributed by atoms with Gasteiger partial charge < -0.3 is 19.7 Å². The zero-order valence-electron chi connectivity index (χ0n) is 11.7. The highest BCUT2D eigenvalue weighted by Crippen LogP contribution is 2.02. The number of hydrogen-bond donors (Lipinski definition) is 2. The van der Waals surface area contributed by atoms with Crippen LogP contribution in [-0.2, 0) is 19.2 Å². The van der Waals surface area contributed by atoms with Gasteiger partial charge in [0.1, 0.15) is 12.2 Å². The predicted molar refractivity (Wildman–Crippen MR) is 66.1 cm³/mol. The Labute approximate surface area is 109 Å². The normalized spacial score (nSPS) is 15.3. The van der Waals surface area contributed by atoms with Crippen molar-refractivity contribution in [3.05, 3.63) is 0 Å². The van der Waals surface area contributed by atoms with E-state index in [1.54, 1.807) is 0 Å². The van der Waals surface area contributed by atoms with Crippen LogP contribution in [-0.4, -0.2) is 61.1 Å². The quantitative estimate of drug-likeness (QED) is 0.419. The maximum Gasteiger partial charge on any atom is 0.139 e. The van der Waals surface area contributed by atoms with Gasteiger partial charge in [-0.15, -0.1) is 0 Å². The summed E-state index contributed by atoms with van der Waals surface area (Å²) in [6.07, 6.45) is -1.03. The predicted octanol–water partition coefficient (Wildman–Crippen LogP) is 0.506. The Morgan fingerprint density at radius 1 is 0.722 bits per heavy atom. The van der Waals surface area contributed by atoms with Crippen molar-refractivity contribution in [2.75, 3.05) is 26.4 Å². The SMILES string of the molecule is CC(C)OCC(CO)OOC(CO)COC(C)C. The summed E-state index contributed by atoms with van der Waals surface area (Å²) >= 11 is 0. The Bertz CT molecular complexity index is 165. The molecule has 6 heteroatoms. The molecule has 2 atom stereocenters. The standard InChI is InChI=1S/C12H26O6/c1-9(2)15-7-11(5-13)17-18-12(6-14)8-16-10(3)4/h9-14H,5-8H2,1-4H3. The molecule has 0 bridgehead atoms. The Morgan fingerprint density at radius 3 is 1.28 bits per heavy atom. The van der Waals surface area contributed by atoms with Gasteiger partial charge in [0.25, 0.3) is 0 Å². The third-order valence-corrected chi connectivity index (χ3v) is 1.97. The van der Waals surface area contributed by atoms with E-state index in [1.807, 2.05) is 27.7 Å². The van der Waals surface area contributed by atoms with Crippen molar-refractivity contribution >= 4 is 0 Å². The first-order chi connectivity index (χ1) is 8.49. The first-order valence-corrected chi connectivity index (χ1v) is 6.26. The first kappa shape index (κ1) is 17.8. The highest BCUT2D eigenvalue weighted by molar-refractivity contribution is 4.55. The van der Waals surface area contributed by atoms with Crippen LogP contribution in [0.15, 0.2) is 0 Å². The van der Waals surface area contributed by atoms with E-state index in [9.17, 15) is 0 Å². The van der Waals surface area contributed by atoms with Gasteiger partial charge >= 0.3 is 0 Å². The van der Waals surface area contributed by atoms with E-state index in [0.717, 1.165) is 0 Å². The van der Waals surface area contributed by atoms with Crippen LogP contribution in [0.5, 0.6) is 0 Å². The molecule has 2 N–H and O–H groups in total. The number of rotatable bonds is 11. The summed E-state index contributed by atoms with van der Waals surface area (Å²) in [7, 11) is 0. The summed E-state index contributed by atoms with van der Waals surface area (Å²) in [5.74, 6) is 0. The lowest BCUT2D eigenvalue weighted by Crippen LogP contribution is -2.32. The summed E-state index contributed by atoms with van der Waals surface area (Å²) < 4.78 is 10.6. The zero-order valence-corrected chi connectivity index (χ0v) is 11.7. The average Bonchev–Trinajstić information content (AvgIpc) is 2.32. The summed E-state index contributed by atoms with van der Waals surface area (Å²) in [6, 6.07) is 0. The van der Waals surface area contributed by atoms with Crippen molar-refractivity contribution in [2.45, 2.75) is 52.1 Å². The van der Waals surface area contributed by atoms with Crippen molar-refractivity contribution in [3.63, 3.8) is 0 Å². The lowest BCUT2D eigenvalue weighted by atomic mass is 10.4. The fourth-order valence-corrected chi connectivity index (χ4v) is 0.979. The lowest BCUT2D eigenvalue weighted by Gasteiger charge is -2.20. The van der Waals surface area contributed by atoms with Gasteiger partial charge in [-0.2, -0.15) is 0 Å². The minimum absolute atomic E-state index is 0.0561. The second-order valence-electron chi connectivity index (χ2n) is 4.57. The maximum atomic E-state index is 9.06. The van der Waals surface area contributed by atoms with Crippen LogP contribution >= 0.6 is 0 Å². The van der Waals surface area contributed by atoms with Crippen LogP contribution in [0.1, 0.15) is 27.7 Å². The maximum absolute atomic E-state index is 9.06. The molecule has 0 saturated carbocycles. The highest BCUT2D eigenvalue weighted by atomic mass is 17.2. The van der Waals surface area contributed by atoms with E-state index in [2.05, 4.69) is 0 Å². The molecule has 18 heavy (non-hydrogen) atoms. The van der Waals surface area contributed by atoms with Crippen LogP contribution in [0.2, 0.25) is 0 Å². The van der Waals surface area contributed by atoms with E-state index in [-0.39, 0.29) is 38.6 Å². The van der Waals surface area contributed by atoms with Gasteiger partial charge in [-0.05, 0) is 27.7 Å². The third-order valence-electron chi connectivity index (χ3n) is 1.97. The van der Waals surface area contributed by atoms with Crippen LogP contribution in [0.25, 0.3) is 0 Å². The Morgan fingerprint density at radius 2 is 1.06 bits per heavy atom. The monoisotopic (exact) mass is 266 g/mol. The summed E-state index contributed by atoms with van der Waals surface area (Å²) in [6.45, 7) is 7.61. The molecular formula is C12H26O6. The Hall–Kier alpha value is -0.240. The van der Waals surface area contributed by atoms with Crippen LogP contribution in [0.4, 0.5) is 0 Å². The topological polar surface area (TPSA) is 77.4 Å². The van der Waals surface area contributed by atoms with Gasteiger partial charge in [0.2, 0.25) is 0 Å². The smallest absolute Gasteiger partial charge is 0.139 e. The molecule has 0 aromatic rings. The molecule has 2 unspecified atom stereocenters. The number of aliphatic hydroxyl groups is 2. The van der Waals surface area contributed by atoms with Crippen molar-refractivity contribution in [3.8, 4) is 0 Å². The molecule has 0 aliphatic heterocycles. The first-order valence-electron chi connectivity index (χ1n) is 6.26. The zero-order chi connectivity index (χ0) is 14.0. The molecule has 110 valence electrons. The fourth-order valence-electron chi connectivity index (χ4n) is 0.979. The van der Waals surface area contributed by atoms with Gasteiger partial charge in [-0.1, -0.05) is 0 Å². The molecule has 0 saturated heterocycles. The van der Waals surface area contributed by atoms with Crippen LogP contribution in [0.3, 0.4) is 0 Å². The molecule has 0 spiro atoms. The fraction of sp³-hybridized carbons (Fsp3) is 1.00. The minimum atomic E-state index is -0.569. The van der Waals surface area contributed by atoms with Gasteiger partial charge in [0.05, 0.1) is 38.6 Å². The van der Waals surface area contributed by atoms with Crippen molar-refractivity contribution in [1.82, 2.24) is 0 Å². The van der Waals surface area contributed by atoms with E-state index in [0.29, 0.717) is 0 Å². The Balaban J connectivity index is 3.84. The second kappa shape index (κ2) is 10.7. The molecule has 0 aliphatic carbocycles. The van der Waals surface area contributed by atoms with E-state index < -0.39 is 12.2 Å². The Kier molecular flexibility index (Phi) is 10.5. The second-order valence-corrected chi connectivity index (χ2v) is 4.57. The van der Waals surface area contributed by atoms with Gasteiger partial charge in [-0.25, -0.2) is 9.78 Å². The number of hydrogen-bond acceptors (Lipinski definition) is 6. The third kappa shape index (κ3) is 9.76. The molecule has 6 nitrogen and oxygen atoms in total. The molecule has 0 rings (SSSR count). The number of aliphatic hydroxyl groups excluding tert-OH is 2. The minimum Gasteiger partial charge on any atom is -0.393 e. The average molecular weight is 266 g/mol. The summed E-state index contributed by atoms with van der Waals surface area (Å²) in [5.41, 5.74) is 0. The molecular weight excluding hydrogens is 240 g/mol. The largest absolute Gasteiger partial charge is 0.393 e. The lowest BCUT2D eigenvalue weighted by molar-refractivity contribution is -0.369. The molecule has 0 heterocycles. The molecule has 0 amide bonds. The molecule has 0 aromatic carbocycles. The molecule has 0 aliphatic rings. The van der Waals surface area contributed by atoms with E-state index in [1.165, 1.54) is 0 Å². The van der Waals surface area contributed by atoms with Crippen LogP contribution in [0, 0.1) is 0 Å². The molecule has 0 radical (unpaired) electrons. The van der Waals surface area contributed by atoms with Gasteiger partial charge in [-0.3, -0.25) is 0 Å². The van der Waals surface area contributed by atoms with E-state index >= 15 is 0 Å². The van der Waals surface area contributed by atoms with Crippen molar-refractivity contribution in [2.24, 2.45) is 0 Å². The van der Waals surface area contributed by atoms with Gasteiger partial charge in [0, 0.05) is 0 Å².